The highest BCUT2D eigenvalue weighted by atomic mass is 35.5. The van der Waals surface area contributed by atoms with Crippen molar-refractivity contribution in [1.29, 1.82) is 0 Å². The Morgan fingerprint density at radius 3 is 2.25 bits per heavy atom. The van der Waals surface area contributed by atoms with E-state index in [9.17, 15) is 4.79 Å². The summed E-state index contributed by atoms with van der Waals surface area (Å²) in [6, 6.07) is 11.3. The lowest BCUT2D eigenvalue weighted by Gasteiger charge is -2.44. The largest absolute Gasteiger partial charge is 0.335 e. The summed E-state index contributed by atoms with van der Waals surface area (Å²) in [4.78, 5) is 15.4. The molecule has 3 aliphatic rings. The fourth-order valence-electron chi connectivity index (χ4n) is 4.78. The van der Waals surface area contributed by atoms with Crippen LogP contribution in [0.15, 0.2) is 30.3 Å². The molecule has 4 heteroatoms. The van der Waals surface area contributed by atoms with Gasteiger partial charge in [0.15, 0.2) is 0 Å². The van der Waals surface area contributed by atoms with E-state index in [2.05, 4.69) is 29.2 Å². The van der Waals surface area contributed by atoms with Gasteiger partial charge in [0.2, 0.25) is 5.91 Å². The number of nitrogens with two attached hydrogens (primary N) is 1. The van der Waals surface area contributed by atoms with Crippen LogP contribution in [0.2, 0.25) is 0 Å². The SMILES string of the molecule is Cl.NC1C2CCCC1CC(C(=O)N(Cc1ccccc1)C1CC1)C2. The molecule has 1 aromatic rings. The molecule has 3 aliphatic carbocycles. The van der Waals surface area contributed by atoms with E-state index in [-0.39, 0.29) is 18.3 Å². The molecule has 24 heavy (non-hydrogen) atoms. The first-order valence-corrected chi connectivity index (χ1v) is 9.32. The molecular formula is C20H29ClN2O. The van der Waals surface area contributed by atoms with Gasteiger partial charge in [-0.1, -0.05) is 36.8 Å². The molecule has 0 spiro atoms. The first-order valence-electron chi connectivity index (χ1n) is 9.32. The standard InChI is InChI=1S/C20H28N2O.ClH/c21-19-15-7-4-8-16(19)12-17(11-15)20(23)22(18-9-10-18)13-14-5-2-1-3-6-14;/h1-3,5-6,15-19H,4,7-13,21H2;1H. The highest BCUT2D eigenvalue weighted by Crippen LogP contribution is 2.43. The highest BCUT2D eigenvalue weighted by Gasteiger charge is 2.43. The molecule has 1 amide bonds. The van der Waals surface area contributed by atoms with Gasteiger partial charge in [0.25, 0.3) is 0 Å². The van der Waals surface area contributed by atoms with Gasteiger partial charge in [-0.15, -0.1) is 12.4 Å². The maximum atomic E-state index is 13.2. The van der Waals surface area contributed by atoms with Crippen LogP contribution in [-0.4, -0.2) is 22.9 Å². The van der Waals surface area contributed by atoms with E-state index in [1.807, 2.05) is 6.07 Å². The van der Waals surface area contributed by atoms with E-state index < -0.39 is 0 Å². The van der Waals surface area contributed by atoms with Crippen molar-refractivity contribution in [3.05, 3.63) is 35.9 Å². The Bertz CT molecular complexity index is 546. The van der Waals surface area contributed by atoms with Crippen LogP contribution in [0.25, 0.3) is 0 Å². The summed E-state index contributed by atoms with van der Waals surface area (Å²) in [7, 11) is 0. The molecule has 3 nitrogen and oxygen atoms in total. The lowest BCUT2D eigenvalue weighted by atomic mass is 9.65. The van der Waals surface area contributed by atoms with Crippen molar-refractivity contribution in [2.75, 3.05) is 0 Å². The Balaban J connectivity index is 0.00000169. The second-order valence-corrected chi connectivity index (χ2v) is 7.88. The number of fused-ring (bicyclic) bond motifs is 2. The van der Waals surface area contributed by atoms with E-state index in [4.69, 9.17) is 5.73 Å². The third-order valence-electron chi connectivity index (χ3n) is 6.23. The number of carbonyl (C=O) groups excluding carboxylic acids is 1. The number of rotatable bonds is 4. The lowest BCUT2D eigenvalue weighted by molar-refractivity contribution is -0.140. The smallest absolute Gasteiger partial charge is 0.226 e. The van der Waals surface area contributed by atoms with Crippen molar-refractivity contribution >= 4 is 18.3 Å². The number of halogens is 1. The molecule has 132 valence electrons. The van der Waals surface area contributed by atoms with Gasteiger partial charge >= 0.3 is 0 Å². The van der Waals surface area contributed by atoms with Gasteiger partial charge in [-0.05, 0) is 55.9 Å². The van der Waals surface area contributed by atoms with Gasteiger partial charge in [0.1, 0.15) is 0 Å². The minimum atomic E-state index is 0. The number of hydrogen-bond acceptors (Lipinski definition) is 2. The number of amides is 1. The predicted molar refractivity (Wildman–Crippen MR) is 98.8 cm³/mol. The van der Waals surface area contributed by atoms with Gasteiger partial charge in [-0.3, -0.25) is 4.79 Å². The van der Waals surface area contributed by atoms with Crippen LogP contribution in [0, 0.1) is 17.8 Å². The van der Waals surface area contributed by atoms with Crippen molar-refractivity contribution in [2.24, 2.45) is 23.5 Å². The van der Waals surface area contributed by atoms with Crippen molar-refractivity contribution in [1.82, 2.24) is 4.90 Å². The van der Waals surface area contributed by atoms with E-state index in [1.165, 1.54) is 37.7 Å². The average molecular weight is 349 g/mol. The van der Waals surface area contributed by atoms with Gasteiger partial charge in [-0.2, -0.15) is 0 Å². The molecule has 0 saturated heterocycles. The van der Waals surface area contributed by atoms with Gasteiger partial charge in [0.05, 0.1) is 0 Å². The first-order chi connectivity index (χ1) is 11.2. The predicted octanol–water partition coefficient (Wildman–Crippen LogP) is 3.75. The van der Waals surface area contributed by atoms with Crippen molar-refractivity contribution in [3.63, 3.8) is 0 Å². The number of benzene rings is 1. The molecule has 0 radical (unpaired) electrons. The van der Waals surface area contributed by atoms with Crippen molar-refractivity contribution in [3.8, 4) is 0 Å². The third kappa shape index (κ3) is 3.62. The zero-order chi connectivity index (χ0) is 15.8. The average Bonchev–Trinajstić information content (AvgIpc) is 3.37. The molecule has 0 heterocycles. The second kappa shape index (κ2) is 7.45. The van der Waals surface area contributed by atoms with Crippen LogP contribution in [0.1, 0.15) is 50.5 Å². The van der Waals surface area contributed by atoms with Crippen molar-refractivity contribution in [2.45, 2.75) is 63.6 Å². The third-order valence-corrected chi connectivity index (χ3v) is 6.23. The lowest BCUT2D eigenvalue weighted by Crippen LogP contribution is -2.50. The number of nitrogens with zero attached hydrogens (tertiary/aromatic N) is 1. The van der Waals surface area contributed by atoms with Crippen LogP contribution < -0.4 is 5.73 Å². The highest BCUT2D eigenvalue weighted by molar-refractivity contribution is 5.85. The maximum Gasteiger partial charge on any atom is 0.226 e. The molecule has 4 rings (SSSR count). The molecule has 0 aliphatic heterocycles. The zero-order valence-corrected chi connectivity index (χ0v) is 15.1. The molecule has 2 bridgehead atoms. The quantitative estimate of drug-likeness (QED) is 0.900. The zero-order valence-electron chi connectivity index (χ0n) is 14.3. The minimum absolute atomic E-state index is 0. The molecule has 1 aromatic carbocycles. The van der Waals surface area contributed by atoms with E-state index >= 15 is 0 Å². The number of carbonyl (C=O) groups is 1. The van der Waals surface area contributed by atoms with Crippen LogP contribution in [-0.2, 0) is 11.3 Å². The molecule has 2 unspecified atom stereocenters. The van der Waals surface area contributed by atoms with Gasteiger partial charge in [-0.25, -0.2) is 0 Å². The summed E-state index contributed by atoms with van der Waals surface area (Å²) < 4.78 is 0. The van der Waals surface area contributed by atoms with Crippen LogP contribution in [0.4, 0.5) is 0 Å². The molecule has 2 N–H and O–H groups in total. The maximum absolute atomic E-state index is 13.2. The Labute approximate surface area is 151 Å². The van der Waals surface area contributed by atoms with Crippen LogP contribution >= 0.6 is 12.4 Å². The Kier molecular flexibility index (Phi) is 5.51. The topological polar surface area (TPSA) is 46.3 Å². The second-order valence-electron chi connectivity index (χ2n) is 7.88. The fraction of sp³-hybridized carbons (Fsp3) is 0.650. The fourth-order valence-corrected chi connectivity index (χ4v) is 4.78. The summed E-state index contributed by atoms with van der Waals surface area (Å²) in [5.41, 5.74) is 7.64. The monoisotopic (exact) mass is 348 g/mol. The summed E-state index contributed by atoms with van der Waals surface area (Å²) in [6.45, 7) is 0.780. The van der Waals surface area contributed by atoms with Crippen LogP contribution in [0.3, 0.4) is 0 Å². The summed E-state index contributed by atoms with van der Waals surface area (Å²) in [6.07, 6.45) is 8.16. The first kappa shape index (κ1) is 17.8. The van der Waals surface area contributed by atoms with Crippen LogP contribution in [0.5, 0.6) is 0 Å². The molecule has 3 fully saturated rings. The van der Waals surface area contributed by atoms with E-state index in [0.717, 1.165) is 19.4 Å². The van der Waals surface area contributed by atoms with E-state index in [0.29, 0.717) is 29.8 Å². The summed E-state index contributed by atoms with van der Waals surface area (Å²) in [5.74, 6) is 1.78. The Morgan fingerprint density at radius 1 is 1.04 bits per heavy atom. The van der Waals surface area contributed by atoms with E-state index in [1.54, 1.807) is 0 Å². The van der Waals surface area contributed by atoms with Crippen molar-refractivity contribution < 1.29 is 4.79 Å². The van der Waals surface area contributed by atoms with Gasteiger partial charge < -0.3 is 10.6 Å². The molecule has 3 saturated carbocycles. The molecule has 2 atom stereocenters. The number of hydrogen-bond donors (Lipinski definition) is 1. The molecule has 0 aromatic heterocycles. The molecular weight excluding hydrogens is 320 g/mol. The minimum Gasteiger partial charge on any atom is -0.335 e. The Morgan fingerprint density at radius 2 is 1.67 bits per heavy atom. The normalized spacial score (nSPS) is 31.9. The Hall–Kier alpha value is -1.06. The summed E-state index contributed by atoms with van der Waals surface area (Å²) >= 11 is 0. The summed E-state index contributed by atoms with van der Waals surface area (Å²) in [5, 5.41) is 0. The van der Waals surface area contributed by atoms with Gasteiger partial charge in [0, 0.05) is 24.5 Å².